The molecule has 7 heteroatoms. The van der Waals surface area contributed by atoms with Crippen LogP contribution in [-0.2, 0) is 21.2 Å². The monoisotopic (exact) mass is 372 g/mol. The number of unbranched alkanes of at least 4 members (excludes halogenated alkanes) is 2. The van der Waals surface area contributed by atoms with Crippen LogP contribution in [0.1, 0.15) is 57.2 Å². The molecule has 1 N–H and O–H groups in total. The second kappa shape index (κ2) is 8.97. The lowest BCUT2D eigenvalue weighted by atomic mass is 10.1. The van der Waals surface area contributed by atoms with Gasteiger partial charge >= 0.3 is 0 Å². The van der Waals surface area contributed by atoms with Crippen molar-refractivity contribution in [2.45, 2.75) is 69.0 Å². The van der Waals surface area contributed by atoms with E-state index in [-0.39, 0.29) is 18.4 Å². The van der Waals surface area contributed by atoms with E-state index in [1.54, 1.807) is 16.4 Å². The summed E-state index contributed by atoms with van der Waals surface area (Å²) in [5, 5.41) is 3.00. The van der Waals surface area contributed by atoms with E-state index in [1.165, 1.54) is 24.2 Å². The highest BCUT2D eigenvalue weighted by Crippen LogP contribution is 2.27. The Morgan fingerprint density at radius 3 is 2.67 bits per heavy atom. The number of hydrogen-bond donors (Lipinski definition) is 1. The van der Waals surface area contributed by atoms with E-state index < -0.39 is 10.0 Å². The van der Waals surface area contributed by atoms with E-state index >= 15 is 0 Å². The third-order valence-electron chi connectivity index (χ3n) is 4.28. The van der Waals surface area contributed by atoms with Crippen molar-refractivity contribution in [2.24, 2.45) is 0 Å². The SMILES string of the molecule is CCCCCC(C)NC(=O)Cc1ccc(S(=O)(=O)N2CCCC2)s1. The van der Waals surface area contributed by atoms with Crippen molar-refractivity contribution in [1.82, 2.24) is 9.62 Å². The molecule has 1 aliphatic rings. The van der Waals surface area contributed by atoms with E-state index in [0.717, 1.165) is 30.6 Å². The fourth-order valence-corrected chi connectivity index (χ4v) is 5.93. The third kappa shape index (κ3) is 5.29. The van der Waals surface area contributed by atoms with Gasteiger partial charge in [-0.05, 0) is 38.3 Å². The van der Waals surface area contributed by atoms with Gasteiger partial charge in [0, 0.05) is 24.0 Å². The summed E-state index contributed by atoms with van der Waals surface area (Å²) in [6.45, 7) is 5.38. The number of nitrogens with zero attached hydrogens (tertiary/aromatic N) is 1. The highest BCUT2D eigenvalue weighted by molar-refractivity contribution is 7.91. The van der Waals surface area contributed by atoms with Gasteiger partial charge in [-0.2, -0.15) is 4.31 Å². The molecule has 0 radical (unpaired) electrons. The average Bonchev–Trinajstić information content (AvgIpc) is 3.19. The first kappa shape index (κ1) is 19.4. The highest BCUT2D eigenvalue weighted by Gasteiger charge is 2.28. The summed E-state index contributed by atoms with van der Waals surface area (Å²) >= 11 is 1.21. The van der Waals surface area contributed by atoms with Crippen molar-refractivity contribution >= 4 is 27.3 Å². The van der Waals surface area contributed by atoms with Gasteiger partial charge in [-0.1, -0.05) is 26.2 Å². The number of carbonyl (C=O) groups excluding carboxylic acids is 1. The van der Waals surface area contributed by atoms with Crippen LogP contribution in [0, 0.1) is 0 Å². The highest BCUT2D eigenvalue weighted by atomic mass is 32.2. The molecule has 1 aromatic rings. The molecule has 0 bridgehead atoms. The second-order valence-corrected chi connectivity index (χ2v) is 9.81. The zero-order valence-electron chi connectivity index (χ0n) is 14.6. The Balaban J connectivity index is 1.88. The van der Waals surface area contributed by atoms with Crippen molar-refractivity contribution in [3.05, 3.63) is 17.0 Å². The molecule has 2 heterocycles. The van der Waals surface area contributed by atoms with E-state index in [0.29, 0.717) is 17.3 Å². The molecule has 1 aliphatic heterocycles. The molecule has 0 aliphatic carbocycles. The molecule has 5 nitrogen and oxygen atoms in total. The van der Waals surface area contributed by atoms with Crippen LogP contribution in [0.15, 0.2) is 16.3 Å². The number of nitrogens with one attached hydrogen (secondary N) is 1. The lowest BCUT2D eigenvalue weighted by Crippen LogP contribution is -2.33. The van der Waals surface area contributed by atoms with Crippen molar-refractivity contribution in [3.63, 3.8) is 0 Å². The first-order valence-corrected chi connectivity index (χ1v) is 11.1. The van der Waals surface area contributed by atoms with Gasteiger partial charge in [0.2, 0.25) is 5.91 Å². The number of carbonyl (C=O) groups is 1. The predicted molar refractivity (Wildman–Crippen MR) is 97.8 cm³/mol. The van der Waals surface area contributed by atoms with Crippen LogP contribution in [0.2, 0.25) is 0 Å². The Kier molecular flexibility index (Phi) is 7.25. The van der Waals surface area contributed by atoms with Gasteiger partial charge in [0.05, 0.1) is 6.42 Å². The average molecular weight is 373 g/mol. The molecular weight excluding hydrogens is 344 g/mol. The van der Waals surface area contributed by atoms with E-state index in [1.807, 2.05) is 6.92 Å². The molecule has 1 amide bonds. The molecule has 2 rings (SSSR count). The molecule has 0 saturated carbocycles. The molecule has 1 atom stereocenters. The minimum Gasteiger partial charge on any atom is -0.353 e. The number of hydrogen-bond acceptors (Lipinski definition) is 4. The minimum atomic E-state index is -3.37. The van der Waals surface area contributed by atoms with Crippen molar-refractivity contribution in [1.29, 1.82) is 0 Å². The van der Waals surface area contributed by atoms with Crippen molar-refractivity contribution in [2.75, 3.05) is 13.1 Å². The van der Waals surface area contributed by atoms with Crippen LogP contribution in [-0.4, -0.2) is 37.8 Å². The van der Waals surface area contributed by atoms with E-state index in [4.69, 9.17) is 0 Å². The number of rotatable bonds is 9. The Labute approximate surface area is 149 Å². The summed E-state index contributed by atoms with van der Waals surface area (Å²) in [5.41, 5.74) is 0. The summed E-state index contributed by atoms with van der Waals surface area (Å²) in [4.78, 5) is 12.9. The standard InChI is InChI=1S/C17H28N2O3S2/c1-3-4-5-8-14(2)18-16(20)13-15-9-10-17(23-15)24(21,22)19-11-6-7-12-19/h9-10,14H,3-8,11-13H2,1-2H3,(H,18,20). The van der Waals surface area contributed by atoms with Crippen LogP contribution >= 0.6 is 11.3 Å². The lowest BCUT2D eigenvalue weighted by Gasteiger charge is -2.14. The fourth-order valence-electron chi connectivity index (χ4n) is 2.90. The van der Waals surface area contributed by atoms with Gasteiger partial charge in [0.1, 0.15) is 4.21 Å². The summed E-state index contributed by atoms with van der Waals surface area (Å²) in [7, 11) is -3.37. The van der Waals surface area contributed by atoms with Gasteiger partial charge in [0.25, 0.3) is 10.0 Å². The molecule has 0 aromatic carbocycles. The van der Waals surface area contributed by atoms with E-state index in [2.05, 4.69) is 12.2 Å². The summed E-state index contributed by atoms with van der Waals surface area (Å²) in [6.07, 6.45) is 6.56. The first-order chi connectivity index (χ1) is 11.4. The first-order valence-electron chi connectivity index (χ1n) is 8.81. The summed E-state index contributed by atoms with van der Waals surface area (Å²) < 4.78 is 26.9. The largest absolute Gasteiger partial charge is 0.353 e. The fraction of sp³-hybridized carbons (Fsp3) is 0.706. The number of thiophene rings is 1. The second-order valence-electron chi connectivity index (χ2n) is 6.47. The lowest BCUT2D eigenvalue weighted by molar-refractivity contribution is -0.121. The molecule has 1 aromatic heterocycles. The molecule has 0 spiro atoms. The smallest absolute Gasteiger partial charge is 0.252 e. The molecular formula is C17H28N2O3S2. The molecule has 24 heavy (non-hydrogen) atoms. The Hall–Kier alpha value is -0.920. The zero-order valence-corrected chi connectivity index (χ0v) is 16.2. The van der Waals surface area contributed by atoms with Crippen LogP contribution in [0.3, 0.4) is 0 Å². The van der Waals surface area contributed by atoms with Crippen molar-refractivity contribution < 1.29 is 13.2 Å². The van der Waals surface area contributed by atoms with Gasteiger partial charge in [0.15, 0.2) is 0 Å². The normalized spacial score (nSPS) is 17.1. The molecule has 1 saturated heterocycles. The predicted octanol–water partition coefficient (Wildman–Crippen LogP) is 3.16. The molecule has 1 unspecified atom stereocenters. The maximum Gasteiger partial charge on any atom is 0.252 e. The molecule has 136 valence electrons. The number of sulfonamides is 1. The minimum absolute atomic E-state index is 0.0361. The maximum absolute atomic E-state index is 12.5. The van der Waals surface area contributed by atoms with E-state index in [9.17, 15) is 13.2 Å². The van der Waals surface area contributed by atoms with Crippen LogP contribution in [0.5, 0.6) is 0 Å². The molecule has 1 fully saturated rings. The van der Waals surface area contributed by atoms with Crippen molar-refractivity contribution in [3.8, 4) is 0 Å². The summed E-state index contributed by atoms with van der Waals surface area (Å²) in [5.74, 6) is -0.0361. The van der Waals surface area contributed by atoms with Gasteiger partial charge < -0.3 is 5.32 Å². The maximum atomic E-state index is 12.5. The Morgan fingerprint density at radius 1 is 1.29 bits per heavy atom. The van der Waals surface area contributed by atoms with Gasteiger partial charge in [-0.25, -0.2) is 8.42 Å². The summed E-state index contributed by atoms with van der Waals surface area (Å²) in [6, 6.07) is 3.55. The van der Waals surface area contributed by atoms with Crippen LogP contribution < -0.4 is 5.32 Å². The number of amides is 1. The quantitative estimate of drug-likeness (QED) is 0.677. The Morgan fingerprint density at radius 2 is 2.00 bits per heavy atom. The Bertz CT molecular complexity index is 634. The third-order valence-corrected chi connectivity index (χ3v) is 7.73. The zero-order chi connectivity index (χ0) is 17.6. The topological polar surface area (TPSA) is 66.5 Å². The van der Waals surface area contributed by atoms with Gasteiger partial charge in [-0.3, -0.25) is 4.79 Å². The van der Waals surface area contributed by atoms with Crippen LogP contribution in [0.4, 0.5) is 0 Å². The van der Waals surface area contributed by atoms with Crippen LogP contribution in [0.25, 0.3) is 0 Å². The van der Waals surface area contributed by atoms with Gasteiger partial charge in [-0.15, -0.1) is 11.3 Å².